The summed E-state index contributed by atoms with van der Waals surface area (Å²) in [7, 11) is -2.29. The molecule has 3 atom stereocenters. The predicted molar refractivity (Wildman–Crippen MR) is 159 cm³/mol. The van der Waals surface area contributed by atoms with E-state index in [2.05, 4.69) is 37.6 Å². The molecular weight excluding hydrogens is 639 g/mol. The Bertz CT molecular complexity index is 1370. The zero-order valence-corrected chi connectivity index (χ0v) is 24.9. The quantitative estimate of drug-likeness (QED) is 0.192. The molecule has 9 heteroatoms. The van der Waals surface area contributed by atoms with Gasteiger partial charge in [0, 0.05) is 45.8 Å². The van der Waals surface area contributed by atoms with Gasteiger partial charge in [-0.15, -0.1) is 0 Å². The van der Waals surface area contributed by atoms with Crippen LogP contribution >= 0.6 is 41.9 Å². The Kier molecular flexibility index (Phi) is 8.53. The number of fused-ring (bicyclic) bond motifs is 1. The maximum atomic E-state index is 14.5. The summed E-state index contributed by atoms with van der Waals surface area (Å²) < 4.78 is 39.2. The summed E-state index contributed by atoms with van der Waals surface area (Å²) in [5.41, 5.74) is 3.14. The number of benzene rings is 3. The third-order valence-electron chi connectivity index (χ3n) is 7.04. The summed E-state index contributed by atoms with van der Waals surface area (Å²) in [5, 5.41) is 0.232. The minimum atomic E-state index is -3.94. The maximum absolute atomic E-state index is 14.5. The van der Waals surface area contributed by atoms with Gasteiger partial charge in [-0.05, 0) is 45.7 Å². The van der Waals surface area contributed by atoms with Crippen molar-refractivity contribution in [3.05, 3.63) is 112 Å². The third-order valence-corrected chi connectivity index (χ3v) is 11.5. The van der Waals surface area contributed by atoms with Gasteiger partial charge in [-0.25, -0.2) is 12.7 Å². The number of hydrogen-bond donors (Lipinski definition) is 0. The Hall–Kier alpha value is -1.56. The van der Waals surface area contributed by atoms with Crippen molar-refractivity contribution in [3.63, 3.8) is 0 Å². The first-order valence-electron chi connectivity index (χ1n) is 12.2. The molecule has 1 unspecified atom stereocenters. The Morgan fingerprint density at radius 2 is 1.51 bits per heavy atom. The zero-order chi connectivity index (χ0) is 26.0. The number of hydrogen-bond acceptors (Lipinski definition) is 5. The Morgan fingerprint density at radius 3 is 2.11 bits per heavy atom. The Labute approximate surface area is 240 Å². The lowest BCUT2D eigenvalue weighted by atomic mass is 9.84. The SMILES string of the molecule is CCOC1=C2CN(SI)[C@H](c3ccccc3)CC2N(S(=O)(=O)c2ccccc2Cl)[C@H](c2ccccc2)C1. The number of halogens is 2. The third kappa shape index (κ3) is 5.33. The van der Waals surface area contributed by atoms with Crippen LogP contribution in [-0.2, 0) is 14.8 Å². The largest absolute Gasteiger partial charge is 0.498 e. The molecule has 0 aromatic heterocycles. The van der Waals surface area contributed by atoms with Gasteiger partial charge in [-0.1, -0.05) is 84.4 Å². The fourth-order valence-corrected chi connectivity index (χ4v) is 9.45. The van der Waals surface area contributed by atoms with Crippen molar-refractivity contribution in [2.24, 2.45) is 0 Å². The molecule has 1 fully saturated rings. The van der Waals surface area contributed by atoms with Crippen LogP contribution in [0.1, 0.15) is 43.0 Å². The summed E-state index contributed by atoms with van der Waals surface area (Å²) in [6.45, 7) is 3.13. The lowest BCUT2D eigenvalue weighted by Crippen LogP contribution is -2.52. The molecule has 194 valence electrons. The molecule has 2 aliphatic rings. The van der Waals surface area contributed by atoms with Crippen LogP contribution in [0.4, 0.5) is 0 Å². The highest BCUT2D eigenvalue weighted by molar-refractivity contribution is 14.2. The van der Waals surface area contributed by atoms with E-state index in [-0.39, 0.29) is 22.0 Å². The lowest BCUT2D eigenvalue weighted by Gasteiger charge is -2.49. The summed E-state index contributed by atoms with van der Waals surface area (Å²) in [6.07, 6.45) is 1.09. The van der Waals surface area contributed by atoms with Crippen LogP contribution in [0.15, 0.2) is 101 Å². The molecule has 5 rings (SSSR count). The van der Waals surface area contributed by atoms with Crippen molar-refractivity contribution in [1.82, 2.24) is 8.61 Å². The van der Waals surface area contributed by atoms with Gasteiger partial charge in [0.15, 0.2) is 0 Å². The molecule has 37 heavy (non-hydrogen) atoms. The van der Waals surface area contributed by atoms with Gasteiger partial charge < -0.3 is 4.74 Å². The molecule has 5 nitrogen and oxygen atoms in total. The number of nitrogens with zero attached hydrogens (tertiary/aromatic N) is 2. The minimum Gasteiger partial charge on any atom is -0.498 e. The van der Waals surface area contributed by atoms with Crippen LogP contribution in [0, 0.1) is 0 Å². The first-order chi connectivity index (χ1) is 18.0. The zero-order valence-electron chi connectivity index (χ0n) is 20.3. The molecule has 3 aromatic carbocycles. The average Bonchev–Trinajstić information content (AvgIpc) is 2.93. The number of rotatable bonds is 7. The maximum Gasteiger partial charge on any atom is 0.245 e. The van der Waals surface area contributed by atoms with Gasteiger partial charge in [-0.3, -0.25) is 0 Å². The highest BCUT2D eigenvalue weighted by atomic mass is 127. The minimum absolute atomic E-state index is 0.0400. The van der Waals surface area contributed by atoms with Crippen LogP contribution < -0.4 is 0 Å². The number of piperidine rings is 1. The van der Waals surface area contributed by atoms with Crippen molar-refractivity contribution >= 4 is 51.9 Å². The van der Waals surface area contributed by atoms with Gasteiger partial charge in [0.05, 0.1) is 29.5 Å². The fourth-order valence-electron chi connectivity index (χ4n) is 5.42. The molecule has 2 aliphatic heterocycles. The monoisotopic (exact) mass is 666 g/mol. The second kappa shape index (κ2) is 11.7. The molecule has 3 aromatic rings. The van der Waals surface area contributed by atoms with E-state index < -0.39 is 16.1 Å². The summed E-state index contributed by atoms with van der Waals surface area (Å²) >= 11 is 8.81. The van der Waals surface area contributed by atoms with Crippen molar-refractivity contribution < 1.29 is 13.2 Å². The molecule has 0 bridgehead atoms. The highest BCUT2D eigenvalue weighted by Crippen LogP contribution is 2.50. The van der Waals surface area contributed by atoms with Crippen molar-refractivity contribution in [2.45, 2.75) is 42.8 Å². The molecule has 0 radical (unpaired) electrons. The Morgan fingerprint density at radius 1 is 0.919 bits per heavy atom. The van der Waals surface area contributed by atoms with Crippen molar-refractivity contribution in [1.29, 1.82) is 0 Å². The van der Waals surface area contributed by atoms with Gasteiger partial charge in [-0.2, -0.15) is 4.31 Å². The fraction of sp³-hybridized carbons (Fsp3) is 0.286. The summed E-state index contributed by atoms with van der Waals surface area (Å²) in [5.74, 6) is 0.897. The van der Waals surface area contributed by atoms with E-state index in [0.717, 1.165) is 16.9 Å². The highest BCUT2D eigenvalue weighted by Gasteiger charge is 2.49. The van der Waals surface area contributed by atoms with Crippen molar-refractivity contribution in [2.75, 3.05) is 13.2 Å². The van der Waals surface area contributed by atoms with Gasteiger partial charge >= 0.3 is 0 Å². The molecule has 0 saturated carbocycles. The van der Waals surface area contributed by atoms with Gasteiger partial charge in [0.25, 0.3) is 0 Å². The molecule has 2 heterocycles. The van der Waals surface area contributed by atoms with E-state index in [9.17, 15) is 8.42 Å². The molecule has 0 aliphatic carbocycles. The van der Waals surface area contributed by atoms with E-state index in [1.54, 1.807) is 37.7 Å². The second-order valence-electron chi connectivity index (χ2n) is 9.10. The smallest absolute Gasteiger partial charge is 0.245 e. The average molecular weight is 667 g/mol. The van der Waals surface area contributed by atoms with E-state index in [4.69, 9.17) is 16.3 Å². The van der Waals surface area contributed by atoms with E-state index in [1.807, 2.05) is 55.5 Å². The van der Waals surface area contributed by atoms with Crippen LogP contribution in [-0.4, -0.2) is 36.2 Å². The molecule has 0 N–H and O–H groups in total. The first kappa shape index (κ1) is 27.0. The molecule has 1 saturated heterocycles. The van der Waals surface area contributed by atoms with Crippen LogP contribution in [0.2, 0.25) is 5.02 Å². The summed E-state index contributed by atoms with van der Waals surface area (Å²) in [6, 6.07) is 26.2. The topological polar surface area (TPSA) is 49.9 Å². The van der Waals surface area contributed by atoms with E-state index >= 15 is 0 Å². The summed E-state index contributed by atoms with van der Waals surface area (Å²) in [4.78, 5) is 0.138. The molecule has 0 spiro atoms. The molecular formula is C28H28ClIN2O3S2. The predicted octanol–water partition coefficient (Wildman–Crippen LogP) is 7.58. The molecule has 0 amide bonds. The van der Waals surface area contributed by atoms with E-state index in [0.29, 0.717) is 26.0 Å². The second-order valence-corrected chi connectivity index (χ2v) is 13.1. The van der Waals surface area contributed by atoms with Gasteiger partial charge in [0.1, 0.15) is 4.90 Å². The number of sulfonamides is 1. The van der Waals surface area contributed by atoms with Crippen LogP contribution in [0.5, 0.6) is 0 Å². The number of ether oxygens (including phenoxy) is 1. The van der Waals surface area contributed by atoms with Gasteiger partial charge in [0.2, 0.25) is 10.0 Å². The van der Waals surface area contributed by atoms with Crippen molar-refractivity contribution in [3.8, 4) is 0 Å². The van der Waals surface area contributed by atoms with Crippen LogP contribution in [0.25, 0.3) is 0 Å². The lowest BCUT2D eigenvalue weighted by molar-refractivity contribution is 0.121. The normalized spacial score (nSPS) is 23.1. The van der Waals surface area contributed by atoms with Crippen LogP contribution in [0.3, 0.4) is 0 Å². The first-order valence-corrected chi connectivity index (χ1v) is 17.4. The van der Waals surface area contributed by atoms with E-state index in [1.165, 1.54) is 5.56 Å². The Balaban J connectivity index is 1.70. The standard InChI is InChI=1S/C28H28ClIN2O3S2/c1-2-35-27-18-25(21-13-7-4-8-14-21)32(37(33,34)28-16-10-9-15-23(28)29)26-17-24(20-11-5-3-6-12-20)31(36-30)19-22(26)27/h3-16,24-26H,2,17-19H2,1H3/t24-,25-,26?/m0/s1.